The lowest BCUT2D eigenvalue weighted by molar-refractivity contribution is 0.0955. The van der Waals surface area contributed by atoms with E-state index in [0.717, 1.165) is 0 Å². The summed E-state index contributed by atoms with van der Waals surface area (Å²) in [6, 6.07) is 12.3. The molecule has 0 fully saturated rings. The van der Waals surface area contributed by atoms with Gasteiger partial charge >= 0.3 is 0 Å². The van der Waals surface area contributed by atoms with Crippen molar-refractivity contribution >= 4 is 12.1 Å². The molecule has 0 aromatic heterocycles. The standard InChI is InChI=1S/C17H18N2O4/c1-21-14-10-9-13(15(22-2)16(14)23-3)11-18-19-17(20)12-7-5-4-6-8-12/h4-11H,1-3H3,(H,19,20). The number of nitrogens with one attached hydrogen (secondary N) is 1. The van der Waals surface area contributed by atoms with Crippen molar-refractivity contribution in [2.45, 2.75) is 0 Å². The van der Waals surface area contributed by atoms with Crippen molar-refractivity contribution in [2.75, 3.05) is 21.3 Å². The molecule has 2 rings (SSSR count). The first-order valence-corrected chi connectivity index (χ1v) is 6.88. The predicted molar refractivity (Wildman–Crippen MR) is 87.6 cm³/mol. The van der Waals surface area contributed by atoms with E-state index in [1.807, 2.05) is 6.07 Å². The molecule has 0 bridgehead atoms. The SMILES string of the molecule is COc1ccc(C=NNC(=O)c2ccccc2)c(OC)c1OC. The fourth-order valence-corrected chi connectivity index (χ4v) is 2.04. The van der Waals surface area contributed by atoms with Crippen LogP contribution in [-0.4, -0.2) is 33.5 Å². The highest BCUT2D eigenvalue weighted by molar-refractivity contribution is 5.95. The van der Waals surface area contributed by atoms with Gasteiger partial charge in [0.1, 0.15) is 0 Å². The molecular weight excluding hydrogens is 296 g/mol. The lowest BCUT2D eigenvalue weighted by Crippen LogP contribution is -2.17. The maximum Gasteiger partial charge on any atom is 0.271 e. The van der Waals surface area contributed by atoms with E-state index in [4.69, 9.17) is 14.2 Å². The van der Waals surface area contributed by atoms with Crippen LogP contribution in [0.2, 0.25) is 0 Å². The van der Waals surface area contributed by atoms with Gasteiger partial charge in [0.25, 0.3) is 5.91 Å². The van der Waals surface area contributed by atoms with E-state index in [2.05, 4.69) is 10.5 Å². The molecule has 1 N–H and O–H groups in total. The molecule has 120 valence electrons. The summed E-state index contributed by atoms with van der Waals surface area (Å²) in [5.41, 5.74) is 3.65. The molecule has 2 aromatic rings. The van der Waals surface area contributed by atoms with Crippen LogP contribution in [0.5, 0.6) is 17.2 Å². The number of rotatable bonds is 6. The van der Waals surface area contributed by atoms with E-state index in [0.29, 0.717) is 28.4 Å². The highest BCUT2D eigenvalue weighted by atomic mass is 16.5. The number of ether oxygens (including phenoxy) is 3. The molecule has 0 atom stereocenters. The third-order valence-electron chi connectivity index (χ3n) is 3.14. The van der Waals surface area contributed by atoms with Gasteiger partial charge in [-0.15, -0.1) is 0 Å². The Morgan fingerprint density at radius 2 is 1.65 bits per heavy atom. The second-order valence-electron chi connectivity index (χ2n) is 4.49. The van der Waals surface area contributed by atoms with Crippen molar-refractivity contribution in [1.82, 2.24) is 5.43 Å². The molecule has 0 saturated carbocycles. The van der Waals surface area contributed by atoms with E-state index in [-0.39, 0.29) is 5.91 Å². The largest absolute Gasteiger partial charge is 0.493 e. The van der Waals surface area contributed by atoms with Gasteiger partial charge < -0.3 is 14.2 Å². The molecule has 0 aliphatic rings. The quantitative estimate of drug-likeness (QED) is 0.657. The number of hydrogen-bond donors (Lipinski definition) is 1. The van der Waals surface area contributed by atoms with Gasteiger partial charge in [-0.3, -0.25) is 4.79 Å². The van der Waals surface area contributed by atoms with Crippen LogP contribution in [0.1, 0.15) is 15.9 Å². The molecule has 1 amide bonds. The Kier molecular flexibility index (Phi) is 5.57. The number of carbonyl (C=O) groups is 1. The predicted octanol–water partition coefficient (Wildman–Crippen LogP) is 2.48. The number of hydrazone groups is 1. The van der Waals surface area contributed by atoms with E-state index in [1.54, 1.807) is 43.5 Å². The first-order valence-electron chi connectivity index (χ1n) is 6.88. The molecule has 0 saturated heterocycles. The Morgan fingerprint density at radius 1 is 0.957 bits per heavy atom. The van der Waals surface area contributed by atoms with Gasteiger partial charge in [0.2, 0.25) is 5.75 Å². The summed E-state index contributed by atoms with van der Waals surface area (Å²) in [6.07, 6.45) is 1.49. The van der Waals surface area contributed by atoms with Crippen LogP contribution in [0.25, 0.3) is 0 Å². The average molecular weight is 314 g/mol. The minimum Gasteiger partial charge on any atom is -0.493 e. The van der Waals surface area contributed by atoms with Crippen LogP contribution in [0.15, 0.2) is 47.6 Å². The molecule has 0 heterocycles. The van der Waals surface area contributed by atoms with Crippen LogP contribution in [0.4, 0.5) is 0 Å². The third-order valence-corrected chi connectivity index (χ3v) is 3.14. The zero-order valence-electron chi connectivity index (χ0n) is 13.2. The summed E-state index contributed by atoms with van der Waals surface area (Å²) in [5.74, 6) is 1.20. The lowest BCUT2D eigenvalue weighted by Gasteiger charge is -2.13. The highest BCUT2D eigenvalue weighted by Gasteiger charge is 2.14. The molecule has 6 heteroatoms. The summed E-state index contributed by atoms with van der Waals surface area (Å²) in [7, 11) is 4.60. The van der Waals surface area contributed by atoms with Crippen LogP contribution in [0, 0.1) is 0 Å². The molecule has 0 unspecified atom stereocenters. The van der Waals surface area contributed by atoms with E-state index < -0.39 is 0 Å². The lowest BCUT2D eigenvalue weighted by atomic mass is 10.2. The van der Waals surface area contributed by atoms with E-state index >= 15 is 0 Å². The Balaban J connectivity index is 2.18. The summed E-state index contributed by atoms with van der Waals surface area (Å²) >= 11 is 0. The number of benzene rings is 2. The normalized spacial score (nSPS) is 10.4. The molecule has 0 spiro atoms. The summed E-state index contributed by atoms with van der Waals surface area (Å²) in [6.45, 7) is 0. The average Bonchev–Trinajstić information content (AvgIpc) is 2.61. The number of nitrogens with zero attached hydrogens (tertiary/aromatic N) is 1. The Labute approximate surface area is 134 Å². The third kappa shape index (κ3) is 3.79. The van der Waals surface area contributed by atoms with Gasteiger partial charge in [0.05, 0.1) is 27.5 Å². The Bertz CT molecular complexity index is 699. The maximum atomic E-state index is 11.9. The topological polar surface area (TPSA) is 69.2 Å². The highest BCUT2D eigenvalue weighted by Crippen LogP contribution is 2.38. The van der Waals surface area contributed by atoms with Crippen molar-refractivity contribution in [2.24, 2.45) is 5.10 Å². The zero-order valence-corrected chi connectivity index (χ0v) is 13.2. The minimum absolute atomic E-state index is 0.290. The smallest absolute Gasteiger partial charge is 0.271 e. The van der Waals surface area contributed by atoms with Crippen molar-refractivity contribution in [3.05, 3.63) is 53.6 Å². The fourth-order valence-electron chi connectivity index (χ4n) is 2.04. The second-order valence-corrected chi connectivity index (χ2v) is 4.49. The van der Waals surface area contributed by atoms with Crippen molar-refractivity contribution in [3.63, 3.8) is 0 Å². The van der Waals surface area contributed by atoms with Crippen LogP contribution in [-0.2, 0) is 0 Å². The first kappa shape index (κ1) is 16.4. The van der Waals surface area contributed by atoms with Crippen molar-refractivity contribution in [3.8, 4) is 17.2 Å². The molecule has 6 nitrogen and oxygen atoms in total. The molecule has 2 aromatic carbocycles. The van der Waals surface area contributed by atoms with Crippen LogP contribution >= 0.6 is 0 Å². The van der Waals surface area contributed by atoms with Gasteiger partial charge in [0.15, 0.2) is 11.5 Å². The number of hydrogen-bond acceptors (Lipinski definition) is 5. The molecule has 23 heavy (non-hydrogen) atoms. The maximum absolute atomic E-state index is 11.9. The molecule has 0 aliphatic heterocycles. The second kappa shape index (κ2) is 7.84. The van der Waals surface area contributed by atoms with Crippen molar-refractivity contribution < 1.29 is 19.0 Å². The van der Waals surface area contributed by atoms with Gasteiger partial charge in [-0.25, -0.2) is 5.43 Å². The molecular formula is C17H18N2O4. The summed E-state index contributed by atoms with van der Waals surface area (Å²) in [4.78, 5) is 11.9. The molecule has 0 aliphatic carbocycles. The van der Waals surface area contributed by atoms with Gasteiger partial charge in [-0.05, 0) is 24.3 Å². The molecule has 0 radical (unpaired) electrons. The monoisotopic (exact) mass is 314 g/mol. The Morgan fingerprint density at radius 3 is 2.26 bits per heavy atom. The van der Waals surface area contributed by atoms with Gasteiger partial charge in [-0.2, -0.15) is 5.10 Å². The van der Waals surface area contributed by atoms with E-state index in [9.17, 15) is 4.79 Å². The van der Waals surface area contributed by atoms with Crippen LogP contribution in [0.3, 0.4) is 0 Å². The minimum atomic E-state index is -0.290. The van der Waals surface area contributed by atoms with Crippen molar-refractivity contribution in [1.29, 1.82) is 0 Å². The first-order chi connectivity index (χ1) is 11.2. The summed E-state index contributed by atoms with van der Waals surface area (Å²) in [5, 5.41) is 3.96. The zero-order chi connectivity index (χ0) is 16.7. The van der Waals surface area contributed by atoms with Crippen LogP contribution < -0.4 is 19.6 Å². The number of carbonyl (C=O) groups excluding carboxylic acids is 1. The summed E-state index contributed by atoms with van der Waals surface area (Å²) < 4.78 is 15.9. The number of methoxy groups -OCH3 is 3. The van der Waals surface area contributed by atoms with Gasteiger partial charge in [0, 0.05) is 11.1 Å². The fraction of sp³-hybridized carbons (Fsp3) is 0.176. The number of amides is 1. The van der Waals surface area contributed by atoms with Gasteiger partial charge in [-0.1, -0.05) is 18.2 Å². The Hall–Kier alpha value is -3.02. The van der Waals surface area contributed by atoms with E-state index in [1.165, 1.54) is 20.4 Å².